The van der Waals surface area contributed by atoms with Crippen molar-refractivity contribution in [1.29, 1.82) is 0 Å². The molecule has 0 fully saturated rings. The van der Waals surface area contributed by atoms with Crippen molar-refractivity contribution in [2.45, 2.75) is 5.03 Å². The lowest BCUT2D eigenvalue weighted by Gasteiger charge is -1.98. The molecule has 0 amide bonds. The van der Waals surface area contributed by atoms with Crippen LogP contribution in [0.15, 0.2) is 90.0 Å². The minimum Gasteiger partial charge on any atom is -0.324 e. The van der Waals surface area contributed by atoms with Crippen LogP contribution in [0.25, 0.3) is 89.8 Å². The van der Waals surface area contributed by atoms with Gasteiger partial charge >= 0.3 is 0 Å². The Hall–Kier alpha value is -5.92. The summed E-state index contributed by atoms with van der Waals surface area (Å²) < 4.78 is 24.5. The Kier molecular flexibility index (Phi) is 4.93. The van der Waals surface area contributed by atoms with Gasteiger partial charge < -0.3 is 9.97 Å². The van der Waals surface area contributed by atoms with E-state index in [1.807, 2.05) is 72.8 Å². The second-order valence-electron chi connectivity index (χ2n) is 10.3. The molecule has 0 radical (unpaired) electrons. The maximum Gasteiger partial charge on any atom is 0.255 e. The number of nitrogens with two attached hydrogens (primary N) is 1. The van der Waals surface area contributed by atoms with Crippen LogP contribution in [0.5, 0.6) is 0 Å². The molecule has 0 atom stereocenters. The van der Waals surface area contributed by atoms with E-state index in [1.165, 1.54) is 6.07 Å². The van der Waals surface area contributed by atoms with E-state index in [-0.39, 0.29) is 16.2 Å². The number of sulfonamides is 1. The van der Waals surface area contributed by atoms with Crippen molar-refractivity contribution in [3.05, 3.63) is 84.9 Å². The molecule has 44 heavy (non-hydrogen) atoms. The van der Waals surface area contributed by atoms with Crippen LogP contribution in [0.2, 0.25) is 0 Å². The fourth-order valence-electron chi connectivity index (χ4n) is 5.65. The van der Waals surface area contributed by atoms with Crippen molar-refractivity contribution in [3.63, 3.8) is 0 Å². The van der Waals surface area contributed by atoms with Gasteiger partial charge in [-0.15, -0.1) is 0 Å². The highest BCUT2D eigenvalue weighted by Gasteiger charge is 2.22. The maximum atomic E-state index is 12.2. The Morgan fingerprint density at radius 1 is 0.455 bits per heavy atom. The van der Waals surface area contributed by atoms with Gasteiger partial charge in [0.25, 0.3) is 10.0 Å². The number of H-pyrrole nitrogens is 2. The first-order valence-corrected chi connectivity index (χ1v) is 15.1. The molecular weight excluding hydrogens is 576 g/mol. The summed E-state index contributed by atoms with van der Waals surface area (Å²) >= 11 is 0. The van der Waals surface area contributed by atoms with E-state index in [9.17, 15) is 8.42 Å². The third-order valence-corrected chi connectivity index (χ3v) is 8.47. The smallest absolute Gasteiger partial charge is 0.255 e. The number of nitrogens with zero attached hydrogens (tertiary/aromatic N) is 7. The van der Waals surface area contributed by atoms with Gasteiger partial charge in [0.2, 0.25) is 0 Å². The topological polar surface area (TPSA) is 182 Å². The molecule has 0 aliphatic carbocycles. The number of rotatable bonds is 1. The molecule has 4 aromatic heterocycles. The summed E-state index contributed by atoms with van der Waals surface area (Å²) in [6, 6.07) is 26.2. The lowest BCUT2D eigenvalue weighted by atomic mass is 10.1. The van der Waals surface area contributed by atoms with Crippen molar-refractivity contribution in [3.8, 4) is 45.6 Å². The second-order valence-corrected chi connectivity index (χ2v) is 11.8. The zero-order valence-electron chi connectivity index (χ0n) is 22.5. The molecule has 2 aliphatic heterocycles. The predicted octanol–water partition coefficient (Wildman–Crippen LogP) is 4.91. The first-order valence-electron chi connectivity index (χ1n) is 13.5. The van der Waals surface area contributed by atoms with E-state index in [0.717, 1.165) is 33.0 Å². The Labute approximate surface area is 247 Å². The summed E-state index contributed by atoms with van der Waals surface area (Å²) in [5.41, 5.74) is 5.28. The van der Waals surface area contributed by atoms with Gasteiger partial charge in [0.15, 0.2) is 34.0 Å². The van der Waals surface area contributed by atoms with Crippen molar-refractivity contribution >= 4 is 54.3 Å². The van der Waals surface area contributed by atoms with Gasteiger partial charge in [-0.25, -0.2) is 48.4 Å². The monoisotopic (exact) mass is 594 g/mol. The largest absolute Gasteiger partial charge is 0.324 e. The Balaban J connectivity index is 1.50. The standard InChI is InChI=1S/C31H18N10O2S/c32-44(42,43)22-14-13-21-23(33-22)31-40-29-20-12-6-5-11-19(20)27(38-29)36-25-16-8-2-1-7-15(16)24(34-25)35-26-17-9-3-4-10-18(17)28(37-26)39-30(21)41-31/h1-14H,(H2,32,42,43)(H2,34,35,36,37,38,39,40,41). The maximum absolute atomic E-state index is 12.2. The van der Waals surface area contributed by atoms with Crippen molar-refractivity contribution in [2.75, 3.05) is 0 Å². The number of nitrogens with one attached hydrogen (secondary N) is 2. The molecule has 0 unspecified atom stereocenters. The molecule has 9 rings (SSSR count). The van der Waals surface area contributed by atoms with Gasteiger partial charge in [-0.2, -0.15) is 0 Å². The fourth-order valence-corrected chi connectivity index (χ4v) is 6.13. The molecule has 0 saturated heterocycles. The van der Waals surface area contributed by atoms with Crippen LogP contribution in [0.4, 0.5) is 0 Å². The van der Waals surface area contributed by atoms with Gasteiger partial charge in [-0.3, -0.25) is 0 Å². The van der Waals surface area contributed by atoms with E-state index < -0.39 is 10.0 Å². The Morgan fingerprint density at radius 2 is 0.864 bits per heavy atom. The van der Waals surface area contributed by atoms with Gasteiger partial charge in [0.05, 0.1) is 0 Å². The fraction of sp³-hybridized carbons (Fsp3) is 0. The van der Waals surface area contributed by atoms with Gasteiger partial charge in [0, 0.05) is 38.4 Å². The number of fused-ring (bicyclic) bond motifs is 20. The molecule has 0 saturated carbocycles. The molecule has 2 aliphatic rings. The molecule has 13 heteroatoms. The van der Waals surface area contributed by atoms with E-state index in [4.69, 9.17) is 35.0 Å². The number of aromatic amines is 2. The number of benzene rings is 3. The molecule has 3 aromatic carbocycles. The van der Waals surface area contributed by atoms with E-state index in [0.29, 0.717) is 45.6 Å². The van der Waals surface area contributed by atoms with Crippen LogP contribution >= 0.6 is 0 Å². The lowest BCUT2D eigenvalue weighted by molar-refractivity contribution is 0.594. The average molecular weight is 595 g/mol. The second kappa shape index (κ2) is 8.80. The van der Waals surface area contributed by atoms with Gasteiger partial charge in [-0.05, 0) is 12.1 Å². The van der Waals surface area contributed by atoms with Crippen molar-refractivity contribution < 1.29 is 8.42 Å². The minimum atomic E-state index is -4.09. The summed E-state index contributed by atoms with van der Waals surface area (Å²) in [5, 5.41) is 7.44. The summed E-state index contributed by atoms with van der Waals surface area (Å²) in [6.07, 6.45) is 0. The Bertz CT molecular complexity index is 2660. The summed E-state index contributed by atoms with van der Waals surface area (Å²) in [5.74, 6) is 1.75. The van der Waals surface area contributed by atoms with E-state index in [2.05, 4.69) is 15.0 Å². The molecule has 6 heterocycles. The number of pyridine rings is 1. The first kappa shape index (κ1) is 24.7. The van der Waals surface area contributed by atoms with Crippen LogP contribution in [0.1, 0.15) is 0 Å². The zero-order valence-corrected chi connectivity index (χ0v) is 23.3. The van der Waals surface area contributed by atoms with Gasteiger partial charge in [-0.1, -0.05) is 72.8 Å². The van der Waals surface area contributed by atoms with Crippen LogP contribution in [-0.2, 0) is 10.0 Å². The van der Waals surface area contributed by atoms with E-state index >= 15 is 0 Å². The molecule has 12 nitrogen and oxygen atoms in total. The summed E-state index contributed by atoms with van der Waals surface area (Å²) in [4.78, 5) is 40.3. The molecule has 7 aromatic rings. The third kappa shape index (κ3) is 3.66. The minimum absolute atomic E-state index is 0.263. The number of hydrogen-bond acceptors (Lipinski definition) is 9. The Morgan fingerprint density at radius 3 is 1.34 bits per heavy atom. The SMILES string of the molecule is NS(=O)(=O)c1ccc2c3nc4nc(nc5[nH]c(nc6nc(nc([nH]3)c2n1)-c1ccccc1-6)c1ccccc51)-c1ccccc1-4. The van der Waals surface area contributed by atoms with Crippen molar-refractivity contribution in [2.24, 2.45) is 5.14 Å². The summed E-state index contributed by atoms with van der Waals surface area (Å²) in [7, 11) is -4.09. The highest BCUT2D eigenvalue weighted by molar-refractivity contribution is 7.89. The lowest BCUT2D eigenvalue weighted by Crippen LogP contribution is -2.13. The van der Waals surface area contributed by atoms with Gasteiger partial charge in [0.1, 0.15) is 22.5 Å². The zero-order chi connectivity index (χ0) is 29.6. The number of aromatic nitrogens is 9. The van der Waals surface area contributed by atoms with Crippen LogP contribution in [0.3, 0.4) is 0 Å². The normalized spacial score (nSPS) is 12.4. The van der Waals surface area contributed by atoms with Crippen molar-refractivity contribution in [1.82, 2.24) is 44.9 Å². The highest BCUT2D eigenvalue weighted by atomic mass is 32.2. The first-order chi connectivity index (χ1) is 21.4. The third-order valence-electron chi connectivity index (χ3n) is 7.66. The van der Waals surface area contributed by atoms with Crippen LogP contribution in [-0.4, -0.2) is 53.3 Å². The van der Waals surface area contributed by atoms with Crippen LogP contribution < -0.4 is 5.14 Å². The quantitative estimate of drug-likeness (QED) is 0.238. The summed E-state index contributed by atoms with van der Waals surface area (Å²) in [6.45, 7) is 0. The number of hydrogen-bond donors (Lipinski definition) is 3. The number of primary sulfonamides is 1. The van der Waals surface area contributed by atoms with Crippen LogP contribution in [0, 0.1) is 0 Å². The van der Waals surface area contributed by atoms with E-state index in [1.54, 1.807) is 6.07 Å². The average Bonchev–Trinajstić information content (AvgIpc) is 3.76. The molecule has 8 bridgehead atoms. The molecular formula is C31H18N10O2S. The highest BCUT2D eigenvalue weighted by Crippen LogP contribution is 2.36. The molecule has 210 valence electrons. The predicted molar refractivity (Wildman–Crippen MR) is 165 cm³/mol. The molecule has 0 spiro atoms. The molecule has 4 N–H and O–H groups in total.